The van der Waals surface area contributed by atoms with Crippen LogP contribution in [0.4, 0.5) is 0 Å². The lowest BCUT2D eigenvalue weighted by Gasteiger charge is -2.09. The Hall–Kier alpha value is -1.29. The third kappa shape index (κ3) is 2.43. The van der Waals surface area contributed by atoms with Crippen molar-refractivity contribution in [2.45, 2.75) is 0 Å². The number of aromatic carboxylic acids is 1. The summed E-state index contributed by atoms with van der Waals surface area (Å²) >= 11 is 17.8. The van der Waals surface area contributed by atoms with Gasteiger partial charge in [-0.05, 0) is 18.2 Å². The van der Waals surface area contributed by atoms with Gasteiger partial charge in [-0.1, -0.05) is 34.8 Å². The van der Waals surface area contributed by atoms with E-state index >= 15 is 0 Å². The van der Waals surface area contributed by atoms with Crippen molar-refractivity contribution in [1.82, 2.24) is 4.98 Å². The highest BCUT2D eigenvalue weighted by molar-refractivity contribution is 6.44. The molecule has 0 saturated heterocycles. The Morgan fingerprint density at radius 2 is 1.72 bits per heavy atom. The van der Waals surface area contributed by atoms with Crippen molar-refractivity contribution in [3.8, 4) is 11.1 Å². The standard InChI is InChI=1S/C12H6Cl3NO2/c13-9-4-11(15)10(14)3-7(9)8-5-16-2-1-6(8)12(17)18/h1-5H,(H,17,18). The summed E-state index contributed by atoms with van der Waals surface area (Å²) in [6.07, 6.45) is 2.83. The number of benzene rings is 1. The number of hydrogen-bond acceptors (Lipinski definition) is 2. The van der Waals surface area contributed by atoms with Crippen molar-refractivity contribution in [2.75, 3.05) is 0 Å². The average Bonchev–Trinajstić information content (AvgIpc) is 2.34. The van der Waals surface area contributed by atoms with Crippen LogP contribution in [0.15, 0.2) is 30.6 Å². The van der Waals surface area contributed by atoms with Gasteiger partial charge in [-0.25, -0.2) is 4.79 Å². The van der Waals surface area contributed by atoms with E-state index in [1.54, 1.807) is 0 Å². The molecule has 2 rings (SSSR count). The number of hydrogen-bond donors (Lipinski definition) is 1. The quantitative estimate of drug-likeness (QED) is 0.836. The molecule has 0 fully saturated rings. The van der Waals surface area contributed by atoms with Crippen molar-refractivity contribution in [1.29, 1.82) is 0 Å². The van der Waals surface area contributed by atoms with E-state index in [4.69, 9.17) is 39.9 Å². The van der Waals surface area contributed by atoms with E-state index in [2.05, 4.69) is 4.98 Å². The Bertz CT molecular complexity index is 629. The van der Waals surface area contributed by atoms with E-state index in [0.717, 1.165) is 0 Å². The highest BCUT2D eigenvalue weighted by atomic mass is 35.5. The predicted octanol–water partition coefficient (Wildman–Crippen LogP) is 4.41. The van der Waals surface area contributed by atoms with Gasteiger partial charge in [0.1, 0.15) is 0 Å². The molecule has 0 atom stereocenters. The number of carboxylic acid groups (broad SMARTS) is 1. The van der Waals surface area contributed by atoms with Gasteiger partial charge in [-0.15, -0.1) is 0 Å². The molecular formula is C12H6Cl3NO2. The number of nitrogens with zero attached hydrogens (tertiary/aromatic N) is 1. The van der Waals surface area contributed by atoms with Crippen LogP contribution < -0.4 is 0 Å². The van der Waals surface area contributed by atoms with Gasteiger partial charge in [0.25, 0.3) is 0 Å². The van der Waals surface area contributed by atoms with Gasteiger partial charge in [0, 0.05) is 23.5 Å². The Kier molecular flexibility index (Phi) is 3.76. The topological polar surface area (TPSA) is 50.2 Å². The fourth-order valence-electron chi connectivity index (χ4n) is 1.52. The van der Waals surface area contributed by atoms with Crippen molar-refractivity contribution >= 4 is 40.8 Å². The molecule has 18 heavy (non-hydrogen) atoms. The van der Waals surface area contributed by atoms with Crippen LogP contribution in [0.3, 0.4) is 0 Å². The molecule has 0 bridgehead atoms. The first-order valence-electron chi connectivity index (χ1n) is 4.83. The molecule has 0 radical (unpaired) electrons. The number of carbonyl (C=O) groups is 1. The second kappa shape index (κ2) is 5.14. The summed E-state index contributed by atoms with van der Waals surface area (Å²) < 4.78 is 0. The molecule has 1 aromatic heterocycles. The minimum atomic E-state index is -1.06. The van der Waals surface area contributed by atoms with E-state index < -0.39 is 5.97 Å². The molecular weight excluding hydrogens is 296 g/mol. The van der Waals surface area contributed by atoms with Crippen LogP contribution in [0.2, 0.25) is 15.1 Å². The summed E-state index contributed by atoms with van der Waals surface area (Å²) in [4.78, 5) is 15.0. The number of rotatable bonds is 2. The van der Waals surface area contributed by atoms with Gasteiger partial charge < -0.3 is 5.11 Å². The lowest BCUT2D eigenvalue weighted by atomic mass is 10.0. The first-order valence-corrected chi connectivity index (χ1v) is 5.96. The Labute approximate surface area is 118 Å². The molecule has 2 aromatic rings. The smallest absolute Gasteiger partial charge is 0.336 e. The van der Waals surface area contributed by atoms with Crippen LogP contribution in [0.5, 0.6) is 0 Å². The van der Waals surface area contributed by atoms with Gasteiger partial charge in [-0.3, -0.25) is 4.98 Å². The maximum absolute atomic E-state index is 11.1. The SMILES string of the molecule is O=C(O)c1ccncc1-c1cc(Cl)c(Cl)cc1Cl. The monoisotopic (exact) mass is 301 g/mol. The molecule has 0 unspecified atom stereocenters. The Morgan fingerprint density at radius 3 is 2.39 bits per heavy atom. The zero-order valence-corrected chi connectivity index (χ0v) is 11.1. The summed E-state index contributed by atoms with van der Waals surface area (Å²) in [7, 11) is 0. The molecule has 1 heterocycles. The van der Waals surface area contributed by atoms with Crippen molar-refractivity contribution in [2.24, 2.45) is 0 Å². The number of carboxylic acids is 1. The third-order valence-corrected chi connectivity index (χ3v) is 3.39. The van der Waals surface area contributed by atoms with E-state index in [1.807, 2.05) is 0 Å². The average molecular weight is 303 g/mol. The fraction of sp³-hybridized carbons (Fsp3) is 0. The lowest BCUT2D eigenvalue weighted by molar-refractivity contribution is 0.0697. The van der Waals surface area contributed by atoms with Crippen LogP contribution in [0.25, 0.3) is 11.1 Å². The van der Waals surface area contributed by atoms with Crippen LogP contribution in [-0.2, 0) is 0 Å². The first kappa shape index (κ1) is 13.1. The molecule has 0 aliphatic heterocycles. The summed E-state index contributed by atoms with van der Waals surface area (Å²) in [6, 6.07) is 4.39. The number of halogens is 3. The summed E-state index contributed by atoms with van der Waals surface area (Å²) in [5.74, 6) is -1.06. The van der Waals surface area contributed by atoms with Crippen molar-refractivity contribution < 1.29 is 9.90 Å². The van der Waals surface area contributed by atoms with Gasteiger partial charge in [0.2, 0.25) is 0 Å². The molecule has 0 amide bonds. The predicted molar refractivity (Wildman–Crippen MR) is 71.7 cm³/mol. The zero-order valence-electron chi connectivity index (χ0n) is 8.82. The van der Waals surface area contributed by atoms with E-state index in [0.29, 0.717) is 26.2 Å². The molecule has 0 aliphatic carbocycles. The maximum atomic E-state index is 11.1. The molecule has 1 aromatic carbocycles. The normalized spacial score (nSPS) is 10.4. The largest absolute Gasteiger partial charge is 0.478 e. The molecule has 0 aliphatic rings. The highest BCUT2D eigenvalue weighted by Gasteiger charge is 2.15. The highest BCUT2D eigenvalue weighted by Crippen LogP contribution is 2.36. The van der Waals surface area contributed by atoms with Crippen LogP contribution in [-0.4, -0.2) is 16.1 Å². The van der Waals surface area contributed by atoms with E-state index in [-0.39, 0.29) is 5.56 Å². The Balaban J connectivity index is 2.69. The number of pyridine rings is 1. The fourth-order valence-corrected chi connectivity index (χ4v) is 2.17. The molecule has 0 saturated carbocycles. The molecule has 0 spiro atoms. The van der Waals surface area contributed by atoms with Crippen LogP contribution in [0.1, 0.15) is 10.4 Å². The molecule has 92 valence electrons. The van der Waals surface area contributed by atoms with Crippen LogP contribution in [0, 0.1) is 0 Å². The Morgan fingerprint density at radius 1 is 1.06 bits per heavy atom. The lowest BCUT2D eigenvalue weighted by Crippen LogP contribution is -2.00. The number of aromatic nitrogens is 1. The van der Waals surface area contributed by atoms with Crippen LogP contribution >= 0.6 is 34.8 Å². The van der Waals surface area contributed by atoms with Gasteiger partial charge >= 0.3 is 5.97 Å². The second-order valence-corrected chi connectivity index (χ2v) is 4.69. The first-order chi connectivity index (χ1) is 8.50. The summed E-state index contributed by atoms with van der Waals surface area (Å²) in [5, 5.41) is 10.0. The maximum Gasteiger partial charge on any atom is 0.336 e. The van der Waals surface area contributed by atoms with Gasteiger partial charge in [0.15, 0.2) is 0 Å². The third-order valence-electron chi connectivity index (χ3n) is 2.35. The summed E-state index contributed by atoms with van der Waals surface area (Å²) in [6.45, 7) is 0. The summed E-state index contributed by atoms with van der Waals surface area (Å²) in [5.41, 5.74) is 0.982. The van der Waals surface area contributed by atoms with Gasteiger partial charge in [0.05, 0.1) is 20.6 Å². The second-order valence-electron chi connectivity index (χ2n) is 3.47. The minimum absolute atomic E-state index is 0.102. The molecule has 1 N–H and O–H groups in total. The minimum Gasteiger partial charge on any atom is -0.478 e. The van der Waals surface area contributed by atoms with Crippen molar-refractivity contribution in [3.05, 3.63) is 51.2 Å². The van der Waals surface area contributed by atoms with E-state index in [9.17, 15) is 4.79 Å². The van der Waals surface area contributed by atoms with E-state index in [1.165, 1.54) is 30.6 Å². The molecule has 6 heteroatoms. The molecule has 3 nitrogen and oxygen atoms in total. The van der Waals surface area contributed by atoms with Crippen molar-refractivity contribution in [3.63, 3.8) is 0 Å². The van der Waals surface area contributed by atoms with Gasteiger partial charge in [-0.2, -0.15) is 0 Å². The zero-order chi connectivity index (χ0) is 13.3.